The van der Waals surface area contributed by atoms with Gasteiger partial charge < -0.3 is 24.8 Å². The topological polar surface area (TPSA) is 97.2 Å². The number of nitrogens with one attached hydrogen (secondary N) is 2. The molecule has 0 spiro atoms. The van der Waals surface area contributed by atoms with Crippen molar-refractivity contribution in [3.8, 4) is 11.4 Å². The number of carbonyl (C=O) groups is 1. The second-order valence-electron chi connectivity index (χ2n) is 7.29. The van der Waals surface area contributed by atoms with Crippen molar-refractivity contribution in [3.63, 3.8) is 0 Å². The first-order valence-electron chi connectivity index (χ1n) is 10.3. The summed E-state index contributed by atoms with van der Waals surface area (Å²) in [6.07, 6.45) is 2.74. The second kappa shape index (κ2) is 8.66. The van der Waals surface area contributed by atoms with Gasteiger partial charge in [0.25, 0.3) is 0 Å². The Morgan fingerprint density at radius 2 is 2.03 bits per heavy atom. The predicted molar refractivity (Wildman–Crippen MR) is 117 cm³/mol. The highest BCUT2D eigenvalue weighted by molar-refractivity contribution is 5.90. The highest BCUT2D eigenvalue weighted by Gasteiger charge is 2.27. The van der Waals surface area contributed by atoms with Crippen LogP contribution in [0.25, 0.3) is 22.6 Å². The Kier molecular flexibility index (Phi) is 5.80. The molecule has 2 aromatic heterocycles. The molecule has 2 amide bonds. The Hall–Kier alpha value is -3.20. The minimum absolute atomic E-state index is 0.225. The van der Waals surface area contributed by atoms with E-state index in [1.165, 1.54) is 0 Å². The molecule has 0 aliphatic carbocycles. The van der Waals surface area contributed by atoms with Crippen LogP contribution in [0.4, 0.5) is 16.3 Å². The third kappa shape index (κ3) is 3.93. The third-order valence-corrected chi connectivity index (χ3v) is 5.26. The van der Waals surface area contributed by atoms with Crippen LogP contribution in [0.1, 0.15) is 20.3 Å². The Morgan fingerprint density at radius 3 is 2.77 bits per heavy atom. The van der Waals surface area contributed by atoms with Gasteiger partial charge in [0.2, 0.25) is 0 Å². The molecule has 158 valence electrons. The Morgan fingerprint density at radius 1 is 1.23 bits per heavy atom. The van der Waals surface area contributed by atoms with Gasteiger partial charge in [-0.25, -0.2) is 19.7 Å². The molecule has 0 saturated carbocycles. The summed E-state index contributed by atoms with van der Waals surface area (Å²) in [5, 5.41) is 5.52. The van der Waals surface area contributed by atoms with Gasteiger partial charge in [0.15, 0.2) is 17.3 Å². The van der Waals surface area contributed by atoms with Crippen molar-refractivity contribution in [2.24, 2.45) is 7.05 Å². The average molecular weight is 409 g/mol. The number of hydrogen-bond acceptors (Lipinski definition) is 6. The number of carbonyl (C=O) groups excluding carboxylic acids is 1. The second-order valence-corrected chi connectivity index (χ2v) is 7.29. The monoisotopic (exact) mass is 409 g/mol. The van der Waals surface area contributed by atoms with Crippen molar-refractivity contribution in [2.45, 2.75) is 26.3 Å². The Labute approximate surface area is 175 Å². The van der Waals surface area contributed by atoms with Crippen LogP contribution < -0.4 is 15.5 Å². The van der Waals surface area contributed by atoms with E-state index in [9.17, 15) is 4.79 Å². The normalized spacial score (nSPS) is 16.6. The molecule has 9 heteroatoms. The van der Waals surface area contributed by atoms with Crippen LogP contribution >= 0.6 is 0 Å². The zero-order valence-electron chi connectivity index (χ0n) is 17.6. The van der Waals surface area contributed by atoms with E-state index in [0.29, 0.717) is 36.9 Å². The molecule has 1 fully saturated rings. The van der Waals surface area contributed by atoms with Crippen LogP contribution in [0.15, 0.2) is 30.6 Å². The van der Waals surface area contributed by atoms with Crippen molar-refractivity contribution in [1.82, 2.24) is 24.8 Å². The van der Waals surface area contributed by atoms with Crippen molar-refractivity contribution in [2.75, 3.05) is 36.5 Å². The van der Waals surface area contributed by atoms with Crippen LogP contribution in [0, 0.1) is 0 Å². The molecule has 2 N–H and O–H groups in total. The minimum Gasteiger partial charge on any atom is -0.377 e. The van der Waals surface area contributed by atoms with Gasteiger partial charge in [0.05, 0.1) is 25.6 Å². The fourth-order valence-electron chi connectivity index (χ4n) is 3.68. The lowest BCUT2D eigenvalue weighted by Crippen LogP contribution is -2.45. The molecule has 0 unspecified atom stereocenters. The molecule has 9 nitrogen and oxygen atoms in total. The maximum Gasteiger partial charge on any atom is 0.319 e. The number of anilines is 2. The molecular formula is C21H27N7O2. The van der Waals surface area contributed by atoms with E-state index in [4.69, 9.17) is 14.7 Å². The summed E-state index contributed by atoms with van der Waals surface area (Å²) < 4.78 is 7.65. The van der Waals surface area contributed by atoms with Crippen molar-refractivity contribution < 1.29 is 9.53 Å². The van der Waals surface area contributed by atoms with Gasteiger partial charge >= 0.3 is 6.03 Å². The van der Waals surface area contributed by atoms with Gasteiger partial charge in [-0.2, -0.15) is 0 Å². The van der Waals surface area contributed by atoms with Crippen LogP contribution in [0.2, 0.25) is 0 Å². The first-order chi connectivity index (χ1) is 14.6. The number of rotatable bonds is 5. The number of ether oxygens (including phenoxy) is 1. The lowest BCUT2D eigenvalue weighted by molar-refractivity contribution is 0.0927. The largest absolute Gasteiger partial charge is 0.377 e. The predicted octanol–water partition coefficient (Wildman–Crippen LogP) is 2.79. The Balaban J connectivity index is 1.71. The fraction of sp³-hybridized carbons (Fsp3) is 0.429. The van der Waals surface area contributed by atoms with E-state index in [1.807, 2.05) is 42.8 Å². The summed E-state index contributed by atoms with van der Waals surface area (Å²) in [4.78, 5) is 28.1. The molecule has 4 rings (SSSR count). The molecule has 3 heterocycles. The van der Waals surface area contributed by atoms with Crippen LogP contribution in [-0.4, -0.2) is 57.9 Å². The smallest absolute Gasteiger partial charge is 0.319 e. The third-order valence-electron chi connectivity index (χ3n) is 5.26. The Bertz CT molecular complexity index is 1030. The van der Waals surface area contributed by atoms with Gasteiger partial charge in [-0.15, -0.1) is 0 Å². The summed E-state index contributed by atoms with van der Waals surface area (Å²) in [6.45, 7) is 6.76. The number of nitrogens with zero attached hydrogens (tertiary/aromatic N) is 5. The first kappa shape index (κ1) is 20.1. The highest BCUT2D eigenvalue weighted by atomic mass is 16.5. The van der Waals surface area contributed by atoms with E-state index in [0.717, 1.165) is 29.9 Å². The number of aryl methyl sites for hydroxylation is 1. The van der Waals surface area contributed by atoms with Crippen molar-refractivity contribution >= 4 is 28.7 Å². The molecule has 3 aromatic rings. The number of urea groups is 1. The number of amides is 2. The van der Waals surface area contributed by atoms with Gasteiger partial charge in [-0.3, -0.25) is 0 Å². The molecular weight excluding hydrogens is 382 g/mol. The van der Waals surface area contributed by atoms with Crippen LogP contribution in [-0.2, 0) is 11.8 Å². The SMILES string of the molecule is CCNC(=O)Nc1ccc(-c2nc(N3CCOC[C@@H]3CC)c3c(ncn3C)n2)cc1. The zero-order valence-corrected chi connectivity index (χ0v) is 17.6. The number of benzene rings is 1. The zero-order chi connectivity index (χ0) is 21.1. The number of fused-ring (bicyclic) bond motifs is 1. The van der Waals surface area contributed by atoms with Crippen molar-refractivity contribution in [1.29, 1.82) is 0 Å². The van der Waals surface area contributed by atoms with E-state index in [1.54, 1.807) is 6.33 Å². The maximum absolute atomic E-state index is 11.7. The quantitative estimate of drug-likeness (QED) is 0.673. The van der Waals surface area contributed by atoms with Gasteiger partial charge in [0, 0.05) is 31.4 Å². The molecule has 1 aliphatic heterocycles. The lowest BCUT2D eigenvalue weighted by atomic mass is 10.1. The first-order valence-corrected chi connectivity index (χ1v) is 10.3. The molecule has 0 radical (unpaired) electrons. The number of aromatic nitrogens is 4. The molecule has 1 saturated heterocycles. The summed E-state index contributed by atoms with van der Waals surface area (Å²) in [6, 6.07) is 7.55. The standard InChI is InChI=1S/C21H27N7O2/c1-4-16-12-30-11-10-28(16)20-17-19(23-13-27(17)3)25-18(26-20)14-6-8-15(9-7-14)24-21(29)22-5-2/h6-9,13,16H,4-5,10-12H2,1-3H3,(H2,22,24,29)/t16-/m0/s1. The van der Waals surface area contributed by atoms with Gasteiger partial charge in [-0.1, -0.05) is 6.92 Å². The number of hydrogen-bond donors (Lipinski definition) is 2. The molecule has 0 bridgehead atoms. The highest BCUT2D eigenvalue weighted by Crippen LogP contribution is 2.30. The summed E-state index contributed by atoms with van der Waals surface area (Å²) in [5.74, 6) is 1.50. The summed E-state index contributed by atoms with van der Waals surface area (Å²) in [5.41, 5.74) is 3.17. The van der Waals surface area contributed by atoms with Crippen LogP contribution in [0.5, 0.6) is 0 Å². The van der Waals surface area contributed by atoms with Gasteiger partial charge in [-0.05, 0) is 37.6 Å². The summed E-state index contributed by atoms with van der Waals surface area (Å²) in [7, 11) is 1.96. The van der Waals surface area contributed by atoms with Crippen molar-refractivity contribution in [3.05, 3.63) is 30.6 Å². The van der Waals surface area contributed by atoms with E-state index in [2.05, 4.69) is 27.4 Å². The van der Waals surface area contributed by atoms with E-state index >= 15 is 0 Å². The van der Waals surface area contributed by atoms with E-state index in [-0.39, 0.29) is 12.1 Å². The lowest BCUT2D eigenvalue weighted by Gasteiger charge is -2.36. The molecule has 1 aliphatic rings. The summed E-state index contributed by atoms with van der Waals surface area (Å²) >= 11 is 0. The molecule has 30 heavy (non-hydrogen) atoms. The fourth-order valence-corrected chi connectivity index (χ4v) is 3.68. The molecule has 1 atom stereocenters. The van der Waals surface area contributed by atoms with Gasteiger partial charge in [0.1, 0.15) is 5.52 Å². The van der Waals surface area contributed by atoms with Crippen LogP contribution in [0.3, 0.4) is 0 Å². The maximum atomic E-state index is 11.7. The molecule has 1 aromatic carbocycles. The minimum atomic E-state index is -0.225. The average Bonchev–Trinajstić information content (AvgIpc) is 3.14. The van der Waals surface area contributed by atoms with E-state index < -0.39 is 0 Å². The number of imidazole rings is 1. The number of morpholine rings is 1.